The Hall–Kier alpha value is -2.28. The molecule has 1 fully saturated rings. The second-order valence-corrected chi connectivity index (χ2v) is 6.29. The van der Waals surface area contributed by atoms with Gasteiger partial charge in [0.15, 0.2) is 5.17 Å². The molecule has 0 saturated carbocycles. The maximum Gasteiger partial charge on any atom is 0.269 e. The summed E-state index contributed by atoms with van der Waals surface area (Å²) in [6, 6.07) is 4.55. The number of amides is 2. The van der Waals surface area contributed by atoms with Gasteiger partial charge in [0.1, 0.15) is 0 Å². The van der Waals surface area contributed by atoms with Crippen LogP contribution in [0.1, 0.15) is 16.8 Å². The highest BCUT2D eigenvalue weighted by molar-refractivity contribution is 8.15. The predicted octanol–water partition coefficient (Wildman–Crippen LogP) is 1.04. The number of thioether (sulfide) groups is 1. The topological polar surface area (TPSA) is 129 Å². The van der Waals surface area contributed by atoms with E-state index in [4.69, 9.17) is 28.4 Å². The quantitative estimate of drug-likeness (QED) is 0.263. The molecule has 1 aromatic rings. The van der Waals surface area contributed by atoms with E-state index in [9.17, 15) is 9.59 Å². The number of hydrogen-bond acceptors (Lipinski definition) is 7. The lowest BCUT2D eigenvalue weighted by Gasteiger charge is -2.20. The van der Waals surface area contributed by atoms with Crippen LogP contribution >= 0.6 is 23.4 Å². The molecule has 0 aromatic heterocycles. The number of halogens is 1. The number of hydrazine groups is 1. The molecule has 0 radical (unpaired) electrons. The smallest absolute Gasteiger partial charge is 0.269 e. The van der Waals surface area contributed by atoms with Gasteiger partial charge in [-0.15, -0.1) is 4.99 Å². The lowest BCUT2D eigenvalue weighted by Crippen LogP contribution is -2.40. The van der Waals surface area contributed by atoms with Crippen LogP contribution in [-0.4, -0.2) is 45.7 Å². The number of nitrogens with zero attached hydrogens (tertiary/aromatic N) is 4. The largest absolute Gasteiger partial charge is 0.398 e. The van der Waals surface area contributed by atoms with Gasteiger partial charge in [0, 0.05) is 23.8 Å². The lowest BCUT2D eigenvalue weighted by molar-refractivity contribution is -0.124. The van der Waals surface area contributed by atoms with E-state index >= 15 is 0 Å². The molecule has 1 saturated heterocycles. The highest BCUT2D eigenvalue weighted by Crippen LogP contribution is 2.20. The van der Waals surface area contributed by atoms with Gasteiger partial charge in [0.25, 0.3) is 5.91 Å². The highest BCUT2D eigenvalue weighted by Gasteiger charge is 2.28. The fourth-order valence-corrected chi connectivity index (χ4v) is 3.17. The Labute approximate surface area is 148 Å². The SMILES string of the molecule is N#CN=C1SCC(=O)N1CCCN(N)C(=O)c1ccc(Cl)cc1N. The Kier molecular flexibility index (Phi) is 6.03. The number of carbonyl (C=O) groups excluding carboxylic acids is 2. The zero-order valence-corrected chi connectivity index (χ0v) is 14.2. The van der Waals surface area contributed by atoms with Crippen molar-refractivity contribution in [1.29, 1.82) is 5.26 Å². The summed E-state index contributed by atoms with van der Waals surface area (Å²) in [4.78, 5) is 29.0. The summed E-state index contributed by atoms with van der Waals surface area (Å²) in [5, 5.41) is 10.4. The summed E-state index contributed by atoms with van der Waals surface area (Å²) in [6.07, 6.45) is 2.11. The molecule has 0 aliphatic carbocycles. The van der Waals surface area contributed by atoms with E-state index in [-0.39, 0.29) is 29.5 Å². The van der Waals surface area contributed by atoms with Crippen molar-refractivity contribution >= 4 is 46.0 Å². The first-order valence-electron chi connectivity index (χ1n) is 6.95. The first-order valence-corrected chi connectivity index (χ1v) is 8.32. The summed E-state index contributed by atoms with van der Waals surface area (Å²) in [5.74, 6) is 5.48. The first-order chi connectivity index (χ1) is 11.4. The summed E-state index contributed by atoms with van der Waals surface area (Å²) in [5.41, 5.74) is 6.28. The normalized spacial score (nSPS) is 15.6. The zero-order chi connectivity index (χ0) is 17.7. The fourth-order valence-electron chi connectivity index (χ4n) is 2.13. The number of nitrogen functional groups attached to an aromatic ring is 1. The standard InChI is InChI=1S/C14H15ClN6O2S/c15-9-2-3-10(11(17)6-9)13(23)21(18)5-1-4-20-12(22)7-24-14(20)19-8-16/h2-3,6H,1,4-5,7,17-18H2. The molecule has 0 bridgehead atoms. The van der Waals surface area contributed by atoms with Crippen molar-refractivity contribution in [2.24, 2.45) is 10.8 Å². The molecule has 0 atom stereocenters. The predicted molar refractivity (Wildman–Crippen MR) is 92.9 cm³/mol. The number of hydrogen-bond donors (Lipinski definition) is 2. The van der Waals surface area contributed by atoms with Crippen molar-refractivity contribution in [3.63, 3.8) is 0 Å². The van der Waals surface area contributed by atoms with Gasteiger partial charge < -0.3 is 5.73 Å². The highest BCUT2D eigenvalue weighted by atomic mass is 35.5. The number of benzene rings is 1. The van der Waals surface area contributed by atoms with Crippen LogP contribution in [0.2, 0.25) is 5.02 Å². The number of rotatable bonds is 5. The van der Waals surface area contributed by atoms with Gasteiger partial charge in [-0.1, -0.05) is 23.4 Å². The molecular weight excluding hydrogens is 352 g/mol. The second kappa shape index (κ2) is 8.01. The molecule has 1 heterocycles. The summed E-state index contributed by atoms with van der Waals surface area (Å²) >= 11 is 7.01. The van der Waals surface area contributed by atoms with E-state index in [0.717, 1.165) is 5.01 Å². The molecule has 0 unspecified atom stereocenters. The Balaban J connectivity index is 1.92. The average molecular weight is 367 g/mol. The first kappa shape index (κ1) is 18.1. The molecule has 1 aliphatic rings. The van der Waals surface area contributed by atoms with Crippen LogP contribution in [0.25, 0.3) is 0 Å². The third kappa shape index (κ3) is 4.17. The van der Waals surface area contributed by atoms with Crippen LogP contribution < -0.4 is 11.6 Å². The minimum Gasteiger partial charge on any atom is -0.398 e. The fraction of sp³-hybridized carbons (Fsp3) is 0.286. The van der Waals surface area contributed by atoms with Gasteiger partial charge in [-0.3, -0.25) is 19.5 Å². The van der Waals surface area contributed by atoms with Crippen LogP contribution in [0.15, 0.2) is 23.2 Å². The molecule has 10 heteroatoms. The maximum absolute atomic E-state index is 12.3. The average Bonchev–Trinajstić information content (AvgIpc) is 2.88. The van der Waals surface area contributed by atoms with E-state index in [0.29, 0.717) is 23.2 Å². The lowest BCUT2D eigenvalue weighted by atomic mass is 10.1. The minimum atomic E-state index is -0.433. The van der Waals surface area contributed by atoms with Crippen molar-refractivity contribution in [3.05, 3.63) is 28.8 Å². The molecule has 4 N–H and O–H groups in total. The van der Waals surface area contributed by atoms with Crippen LogP contribution in [-0.2, 0) is 4.79 Å². The molecule has 8 nitrogen and oxygen atoms in total. The van der Waals surface area contributed by atoms with Crippen molar-refractivity contribution in [2.45, 2.75) is 6.42 Å². The van der Waals surface area contributed by atoms with Crippen LogP contribution in [0, 0.1) is 11.5 Å². The van der Waals surface area contributed by atoms with Crippen molar-refractivity contribution < 1.29 is 9.59 Å². The Morgan fingerprint density at radius 1 is 1.54 bits per heavy atom. The number of anilines is 1. The van der Waals surface area contributed by atoms with Crippen LogP contribution in [0.3, 0.4) is 0 Å². The molecular formula is C14H15ClN6O2S. The number of nitriles is 1. The summed E-state index contributed by atoms with van der Waals surface area (Å²) < 4.78 is 0. The van der Waals surface area contributed by atoms with Gasteiger partial charge in [0.2, 0.25) is 12.1 Å². The molecule has 1 aromatic carbocycles. The van der Waals surface area contributed by atoms with E-state index in [1.54, 1.807) is 12.3 Å². The summed E-state index contributed by atoms with van der Waals surface area (Å²) in [7, 11) is 0. The second-order valence-electron chi connectivity index (χ2n) is 4.91. The zero-order valence-electron chi connectivity index (χ0n) is 12.6. The third-order valence-corrected chi connectivity index (χ3v) is 4.48. The molecule has 0 spiro atoms. The Morgan fingerprint density at radius 2 is 2.29 bits per heavy atom. The monoisotopic (exact) mass is 366 g/mol. The van der Waals surface area contributed by atoms with Crippen molar-refractivity contribution in [3.8, 4) is 6.19 Å². The van der Waals surface area contributed by atoms with Gasteiger partial charge in [-0.25, -0.2) is 5.84 Å². The van der Waals surface area contributed by atoms with Crippen molar-refractivity contribution in [2.75, 3.05) is 24.6 Å². The molecule has 24 heavy (non-hydrogen) atoms. The van der Waals surface area contributed by atoms with E-state index in [1.807, 2.05) is 0 Å². The van der Waals surface area contributed by atoms with E-state index < -0.39 is 5.91 Å². The van der Waals surface area contributed by atoms with Gasteiger partial charge in [-0.2, -0.15) is 5.26 Å². The molecule has 1 aliphatic heterocycles. The van der Waals surface area contributed by atoms with Gasteiger partial charge in [0.05, 0.1) is 11.3 Å². The van der Waals surface area contributed by atoms with Gasteiger partial charge >= 0.3 is 0 Å². The van der Waals surface area contributed by atoms with E-state index in [2.05, 4.69) is 4.99 Å². The number of aliphatic imine (C=N–C) groups is 1. The van der Waals surface area contributed by atoms with Gasteiger partial charge in [-0.05, 0) is 24.6 Å². The van der Waals surface area contributed by atoms with E-state index in [1.165, 1.54) is 28.8 Å². The Bertz CT molecular complexity index is 732. The summed E-state index contributed by atoms with van der Waals surface area (Å²) in [6.45, 7) is 0.540. The Morgan fingerprint density at radius 3 is 2.96 bits per heavy atom. The van der Waals surface area contributed by atoms with Crippen molar-refractivity contribution in [1.82, 2.24) is 9.91 Å². The minimum absolute atomic E-state index is 0.120. The third-order valence-electron chi connectivity index (χ3n) is 3.29. The molecule has 2 amide bonds. The number of carbonyl (C=O) groups is 2. The molecule has 126 valence electrons. The van der Waals surface area contributed by atoms with Crippen LogP contribution in [0.4, 0.5) is 5.69 Å². The number of nitrogens with two attached hydrogens (primary N) is 2. The maximum atomic E-state index is 12.3. The molecule has 2 rings (SSSR count). The van der Waals surface area contributed by atoms with Crippen LogP contribution in [0.5, 0.6) is 0 Å². The number of amidine groups is 1.